The van der Waals surface area contributed by atoms with Crippen LogP contribution in [0, 0.1) is 5.92 Å². The maximum atomic E-state index is 11.8. The van der Waals surface area contributed by atoms with Gasteiger partial charge >= 0.3 is 0 Å². The minimum Gasteiger partial charge on any atom is -0.491 e. The van der Waals surface area contributed by atoms with Crippen molar-refractivity contribution >= 4 is 11.6 Å². The Morgan fingerprint density at radius 1 is 1.38 bits per heavy atom. The van der Waals surface area contributed by atoms with Crippen LogP contribution in [-0.2, 0) is 4.79 Å². The summed E-state index contributed by atoms with van der Waals surface area (Å²) in [4.78, 5) is 13.7. The Morgan fingerprint density at radius 3 is 2.57 bits per heavy atom. The third-order valence-corrected chi connectivity index (χ3v) is 3.62. The summed E-state index contributed by atoms with van der Waals surface area (Å²) in [6, 6.07) is 7.26. The van der Waals surface area contributed by atoms with E-state index in [0.717, 1.165) is 24.9 Å². The van der Waals surface area contributed by atoms with Crippen LogP contribution < -0.4 is 10.1 Å². The van der Waals surface area contributed by atoms with E-state index in [-0.39, 0.29) is 18.4 Å². The highest BCUT2D eigenvalue weighted by atomic mass is 16.5. The molecule has 1 aliphatic carbocycles. The molecule has 1 unspecified atom stereocenters. The summed E-state index contributed by atoms with van der Waals surface area (Å²) >= 11 is 0. The van der Waals surface area contributed by atoms with Crippen LogP contribution in [0.25, 0.3) is 0 Å². The van der Waals surface area contributed by atoms with Gasteiger partial charge in [0, 0.05) is 18.2 Å². The Morgan fingerprint density at radius 2 is 2.05 bits per heavy atom. The molecule has 0 aromatic heterocycles. The fraction of sp³-hybridized carbons (Fsp3) is 0.562. The molecule has 1 atom stereocenters. The van der Waals surface area contributed by atoms with Crippen molar-refractivity contribution in [3.05, 3.63) is 24.3 Å². The topological polar surface area (TPSA) is 61.8 Å². The first-order valence-electron chi connectivity index (χ1n) is 7.41. The molecule has 0 saturated heterocycles. The summed E-state index contributed by atoms with van der Waals surface area (Å²) < 4.78 is 5.52. The highest BCUT2D eigenvalue weighted by Crippen LogP contribution is 2.27. The number of likely N-dealkylation sites (N-methyl/N-ethyl adjacent to an activating group) is 1. The number of anilines is 1. The maximum absolute atomic E-state index is 11.8. The molecule has 5 nitrogen and oxygen atoms in total. The molecule has 2 rings (SSSR count). The van der Waals surface area contributed by atoms with Crippen molar-refractivity contribution in [3.63, 3.8) is 0 Å². The van der Waals surface area contributed by atoms with Crippen LogP contribution in [0.4, 0.5) is 5.69 Å². The van der Waals surface area contributed by atoms with Gasteiger partial charge in [-0.05, 0) is 51.2 Å². The van der Waals surface area contributed by atoms with Gasteiger partial charge in [0.1, 0.15) is 18.5 Å². The largest absolute Gasteiger partial charge is 0.491 e. The summed E-state index contributed by atoms with van der Waals surface area (Å²) in [5.74, 6) is 0.980. The van der Waals surface area contributed by atoms with E-state index in [2.05, 4.69) is 5.32 Å². The van der Waals surface area contributed by atoms with Gasteiger partial charge in [0.25, 0.3) is 0 Å². The van der Waals surface area contributed by atoms with Gasteiger partial charge in [-0.2, -0.15) is 0 Å². The highest BCUT2D eigenvalue weighted by Gasteiger charge is 2.24. The lowest BCUT2D eigenvalue weighted by atomic mass is 9.85. The Labute approximate surface area is 125 Å². The highest BCUT2D eigenvalue weighted by molar-refractivity contribution is 5.93. The second kappa shape index (κ2) is 7.43. The van der Waals surface area contributed by atoms with Crippen molar-refractivity contribution in [1.82, 2.24) is 4.90 Å². The van der Waals surface area contributed by atoms with E-state index in [4.69, 9.17) is 4.74 Å². The lowest BCUT2D eigenvalue weighted by Gasteiger charge is -2.24. The fourth-order valence-electron chi connectivity index (χ4n) is 2.22. The van der Waals surface area contributed by atoms with Crippen LogP contribution in [0.5, 0.6) is 5.75 Å². The lowest BCUT2D eigenvalue weighted by Crippen LogP contribution is -2.30. The summed E-state index contributed by atoms with van der Waals surface area (Å²) in [5.41, 5.74) is 0.785. The van der Waals surface area contributed by atoms with E-state index >= 15 is 0 Å². The van der Waals surface area contributed by atoms with E-state index in [0.29, 0.717) is 12.3 Å². The van der Waals surface area contributed by atoms with Crippen molar-refractivity contribution in [1.29, 1.82) is 0 Å². The van der Waals surface area contributed by atoms with Crippen LogP contribution in [0.3, 0.4) is 0 Å². The fourth-order valence-corrected chi connectivity index (χ4v) is 2.22. The van der Waals surface area contributed by atoms with Crippen molar-refractivity contribution in [3.8, 4) is 5.75 Å². The Bertz CT molecular complexity index is 455. The summed E-state index contributed by atoms with van der Waals surface area (Å²) in [6.07, 6.45) is 2.63. The molecule has 1 amide bonds. The predicted molar refractivity (Wildman–Crippen MR) is 82.5 cm³/mol. The number of carbonyl (C=O) groups excluding carboxylic acids is 1. The molecule has 0 bridgehead atoms. The molecular weight excluding hydrogens is 268 g/mol. The average molecular weight is 292 g/mol. The van der Waals surface area contributed by atoms with Gasteiger partial charge in [0.2, 0.25) is 5.91 Å². The maximum Gasteiger partial charge on any atom is 0.227 e. The van der Waals surface area contributed by atoms with E-state index < -0.39 is 6.10 Å². The molecule has 116 valence electrons. The number of benzene rings is 1. The van der Waals surface area contributed by atoms with Gasteiger partial charge in [-0.3, -0.25) is 4.79 Å². The monoisotopic (exact) mass is 292 g/mol. The summed E-state index contributed by atoms with van der Waals surface area (Å²) in [7, 11) is 3.81. The van der Waals surface area contributed by atoms with Gasteiger partial charge < -0.3 is 20.1 Å². The first kappa shape index (κ1) is 15.8. The third kappa shape index (κ3) is 5.02. The molecule has 0 aliphatic heterocycles. The number of amides is 1. The SMILES string of the molecule is CN(C)CC(O)COc1ccc(NC(=O)C2CCC2)cc1. The Kier molecular flexibility index (Phi) is 5.59. The standard InChI is InChI=1S/C16H24N2O3/c1-18(2)10-14(19)11-21-15-8-6-13(7-9-15)17-16(20)12-4-3-5-12/h6-9,12,14,19H,3-5,10-11H2,1-2H3,(H,17,20). The molecule has 21 heavy (non-hydrogen) atoms. The van der Waals surface area contributed by atoms with Crippen LogP contribution in [-0.4, -0.2) is 49.3 Å². The van der Waals surface area contributed by atoms with E-state index in [1.807, 2.05) is 31.1 Å². The van der Waals surface area contributed by atoms with Crippen molar-refractivity contribution in [2.24, 2.45) is 5.92 Å². The van der Waals surface area contributed by atoms with Crippen LogP contribution >= 0.6 is 0 Å². The smallest absolute Gasteiger partial charge is 0.227 e. The van der Waals surface area contributed by atoms with Crippen molar-refractivity contribution < 1.29 is 14.6 Å². The molecule has 1 fully saturated rings. The number of aliphatic hydroxyl groups is 1. The summed E-state index contributed by atoms with van der Waals surface area (Å²) in [5, 5.41) is 12.6. The molecule has 0 radical (unpaired) electrons. The molecule has 0 spiro atoms. The zero-order valence-electron chi connectivity index (χ0n) is 12.7. The first-order chi connectivity index (χ1) is 10.0. The Balaban J connectivity index is 1.77. The number of nitrogens with zero attached hydrogens (tertiary/aromatic N) is 1. The Hall–Kier alpha value is -1.59. The molecule has 2 N–H and O–H groups in total. The van der Waals surface area contributed by atoms with Crippen molar-refractivity contribution in [2.75, 3.05) is 32.6 Å². The van der Waals surface area contributed by atoms with Crippen LogP contribution in [0.2, 0.25) is 0 Å². The number of nitrogens with one attached hydrogen (secondary N) is 1. The molecule has 1 saturated carbocycles. The quantitative estimate of drug-likeness (QED) is 0.803. The van der Waals surface area contributed by atoms with Gasteiger partial charge in [0.15, 0.2) is 0 Å². The van der Waals surface area contributed by atoms with Crippen LogP contribution in [0.1, 0.15) is 19.3 Å². The molecular formula is C16H24N2O3. The molecule has 1 aromatic carbocycles. The van der Waals surface area contributed by atoms with Crippen LogP contribution in [0.15, 0.2) is 24.3 Å². The van der Waals surface area contributed by atoms with E-state index in [9.17, 15) is 9.90 Å². The van der Waals surface area contributed by atoms with Gasteiger partial charge in [-0.25, -0.2) is 0 Å². The first-order valence-corrected chi connectivity index (χ1v) is 7.41. The van der Waals surface area contributed by atoms with Gasteiger partial charge in [-0.15, -0.1) is 0 Å². The van der Waals surface area contributed by atoms with Crippen molar-refractivity contribution in [2.45, 2.75) is 25.4 Å². The number of aliphatic hydroxyl groups excluding tert-OH is 1. The number of carbonyl (C=O) groups is 1. The predicted octanol–water partition coefficient (Wildman–Crippen LogP) is 1.73. The molecule has 5 heteroatoms. The second-order valence-electron chi connectivity index (χ2n) is 5.87. The van der Waals surface area contributed by atoms with E-state index in [1.165, 1.54) is 0 Å². The summed E-state index contributed by atoms with van der Waals surface area (Å²) in [6.45, 7) is 0.821. The normalized spacial score (nSPS) is 16.4. The minimum atomic E-state index is -0.516. The van der Waals surface area contributed by atoms with Gasteiger partial charge in [0.05, 0.1) is 0 Å². The third-order valence-electron chi connectivity index (χ3n) is 3.62. The number of rotatable bonds is 7. The second-order valence-corrected chi connectivity index (χ2v) is 5.87. The lowest BCUT2D eigenvalue weighted by molar-refractivity contribution is -0.122. The van der Waals surface area contributed by atoms with Gasteiger partial charge in [-0.1, -0.05) is 6.42 Å². The number of hydrogen-bond donors (Lipinski definition) is 2. The zero-order valence-corrected chi connectivity index (χ0v) is 12.7. The number of ether oxygens (including phenoxy) is 1. The molecule has 1 aliphatic rings. The van der Waals surface area contributed by atoms with E-state index in [1.54, 1.807) is 12.1 Å². The number of hydrogen-bond acceptors (Lipinski definition) is 4. The zero-order chi connectivity index (χ0) is 15.2. The molecule has 0 heterocycles. The molecule has 1 aromatic rings. The minimum absolute atomic E-state index is 0.108. The average Bonchev–Trinajstić information content (AvgIpc) is 2.35.